The predicted octanol–water partition coefficient (Wildman–Crippen LogP) is 2.43. The summed E-state index contributed by atoms with van der Waals surface area (Å²) in [6.07, 6.45) is 3.95. The summed E-state index contributed by atoms with van der Waals surface area (Å²) in [7, 11) is 1.93. The van der Waals surface area contributed by atoms with Gasteiger partial charge in [0.15, 0.2) is 0 Å². The zero-order valence-electron chi connectivity index (χ0n) is 15.3. The van der Waals surface area contributed by atoms with Gasteiger partial charge in [-0.05, 0) is 11.1 Å². The third-order valence-corrected chi connectivity index (χ3v) is 6.80. The standard InChI is InChI=1S/C20H26N4OS/c1-14-19(15-6-4-3-5-7-15)24(8-9-26-14)20(25)18-12-21-11-17(18)16-10-22-23(2)13-16/h3-7,10,13-14,17-19,21H,8-9,11-12H2,1-2H3/t14?,17-,18+,19?/m1/s1. The Bertz CT molecular complexity index is 762. The summed E-state index contributed by atoms with van der Waals surface area (Å²) in [5.74, 6) is 1.48. The van der Waals surface area contributed by atoms with Gasteiger partial charge in [0.2, 0.25) is 5.91 Å². The van der Waals surface area contributed by atoms with E-state index >= 15 is 0 Å². The third kappa shape index (κ3) is 3.28. The van der Waals surface area contributed by atoms with Gasteiger partial charge >= 0.3 is 0 Å². The molecule has 1 N–H and O–H groups in total. The van der Waals surface area contributed by atoms with E-state index in [1.807, 2.05) is 42.0 Å². The molecule has 2 fully saturated rings. The van der Waals surface area contributed by atoms with Crippen molar-refractivity contribution in [2.75, 3.05) is 25.4 Å². The van der Waals surface area contributed by atoms with E-state index in [0.29, 0.717) is 5.25 Å². The van der Waals surface area contributed by atoms with Crippen LogP contribution in [-0.4, -0.2) is 51.2 Å². The summed E-state index contributed by atoms with van der Waals surface area (Å²) in [6.45, 7) is 4.66. The summed E-state index contributed by atoms with van der Waals surface area (Å²) in [6, 6.07) is 10.6. The average Bonchev–Trinajstić information content (AvgIpc) is 3.30. The number of carbonyl (C=O) groups excluding carboxylic acids is 1. The number of thioether (sulfide) groups is 1. The number of hydrogen-bond acceptors (Lipinski definition) is 4. The third-order valence-electron chi connectivity index (χ3n) is 5.60. The van der Waals surface area contributed by atoms with Gasteiger partial charge in [-0.3, -0.25) is 9.48 Å². The van der Waals surface area contributed by atoms with Crippen molar-refractivity contribution in [2.24, 2.45) is 13.0 Å². The first-order valence-electron chi connectivity index (χ1n) is 9.31. The number of hydrogen-bond donors (Lipinski definition) is 1. The summed E-state index contributed by atoms with van der Waals surface area (Å²) in [5, 5.41) is 8.13. The zero-order chi connectivity index (χ0) is 18.1. The largest absolute Gasteiger partial charge is 0.333 e. The molecule has 3 heterocycles. The van der Waals surface area contributed by atoms with Crippen LogP contribution in [0.2, 0.25) is 0 Å². The molecule has 0 aliphatic carbocycles. The van der Waals surface area contributed by atoms with Gasteiger partial charge in [0.05, 0.1) is 18.2 Å². The number of carbonyl (C=O) groups is 1. The van der Waals surface area contributed by atoms with Crippen molar-refractivity contribution in [2.45, 2.75) is 24.1 Å². The van der Waals surface area contributed by atoms with Crippen molar-refractivity contribution in [3.63, 3.8) is 0 Å². The molecule has 2 unspecified atom stereocenters. The average molecular weight is 371 g/mol. The Morgan fingerprint density at radius 1 is 1.23 bits per heavy atom. The molecule has 0 spiro atoms. The SMILES string of the molecule is CC1SCCN(C(=O)[C@H]2CNC[C@@H]2c2cnn(C)c2)C1c1ccccc1. The molecule has 4 atom stereocenters. The van der Waals surface area contributed by atoms with Crippen LogP contribution in [0.5, 0.6) is 0 Å². The van der Waals surface area contributed by atoms with Gasteiger partial charge in [-0.15, -0.1) is 0 Å². The highest BCUT2D eigenvalue weighted by Gasteiger charge is 2.41. The molecule has 0 bridgehead atoms. The fraction of sp³-hybridized carbons (Fsp3) is 0.500. The Kier molecular flexibility index (Phi) is 5.05. The highest BCUT2D eigenvalue weighted by atomic mass is 32.2. The predicted molar refractivity (Wildman–Crippen MR) is 105 cm³/mol. The quantitative estimate of drug-likeness (QED) is 0.902. The number of amides is 1. The van der Waals surface area contributed by atoms with E-state index in [0.717, 1.165) is 31.0 Å². The molecule has 2 aliphatic rings. The second-order valence-electron chi connectivity index (χ2n) is 7.28. The van der Waals surface area contributed by atoms with Crippen molar-refractivity contribution >= 4 is 17.7 Å². The van der Waals surface area contributed by atoms with E-state index in [4.69, 9.17) is 0 Å². The Labute approximate surface area is 159 Å². The van der Waals surface area contributed by atoms with Crippen LogP contribution in [0.3, 0.4) is 0 Å². The van der Waals surface area contributed by atoms with Crippen molar-refractivity contribution in [1.82, 2.24) is 20.0 Å². The van der Waals surface area contributed by atoms with Gasteiger partial charge in [-0.25, -0.2) is 0 Å². The lowest BCUT2D eigenvalue weighted by atomic mass is 9.88. The molecule has 4 rings (SSSR count). The minimum atomic E-state index is -0.0132. The fourth-order valence-electron chi connectivity index (χ4n) is 4.30. The molecule has 2 saturated heterocycles. The van der Waals surface area contributed by atoms with E-state index < -0.39 is 0 Å². The molecule has 1 aromatic heterocycles. The molecule has 26 heavy (non-hydrogen) atoms. The van der Waals surface area contributed by atoms with Crippen LogP contribution in [0.25, 0.3) is 0 Å². The Hall–Kier alpha value is -1.79. The second-order valence-corrected chi connectivity index (χ2v) is 8.77. The summed E-state index contributed by atoms with van der Waals surface area (Å²) >= 11 is 1.96. The van der Waals surface area contributed by atoms with Crippen LogP contribution in [0, 0.1) is 5.92 Å². The molecule has 2 aliphatic heterocycles. The van der Waals surface area contributed by atoms with Gasteiger partial charge in [-0.1, -0.05) is 37.3 Å². The molecule has 0 saturated carbocycles. The van der Waals surface area contributed by atoms with E-state index in [1.165, 1.54) is 5.56 Å². The highest BCUT2D eigenvalue weighted by molar-refractivity contribution is 8.00. The molecule has 1 amide bonds. The number of benzene rings is 1. The molecule has 6 heteroatoms. The molecule has 5 nitrogen and oxygen atoms in total. The summed E-state index contributed by atoms with van der Waals surface area (Å²) in [5.41, 5.74) is 2.40. The summed E-state index contributed by atoms with van der Waals surface area (Å²) in [4.78, 5) is 15.7. The first-order valence-corrected chi connectivity index (χ1v) is 10.4. The van der Waals surface area contributed by atoms with Crippen LogP contribution in [0.15, 0.2) is 42.7 Å². The monoisotopic (exact) mass is 370 g/mol. The molecule has 2 aromatic rings. The minimum absolute atomic E-state index is 0.0132. The first-order chi connectivity index (χ1) is 12.6. The van der Waals surface area contributed by atoms with Crippen LogP contribution < -0.4 is 5.32 Å². The van der Waals surface area contributed by atoms with Crippen LogP contribution in [0.1, 0.15) is 30.0 Å². The summed E-state index contributed by atoms with van der Waals surface area (Å²) < 4.78 is 1.82. The van der Waals surface area contributed by atoms with Crippen molar-refractivity contribution in [3.05, 3.63) is 53.9 Å². The number of aromatic nitrogens is 2. The van der Waals surface area contributed by atoms with Crippen molar-refractivity contribution < 1.29 is 4.79 Å². The van der Waals surface area contributed by atoms with E-state index in [-0.39, 0.29) is 23.8 Å². The van der Waals surface area contributed by atoms with E-state index in [2.05, 4.69) is 46.5 Å². The minimum Gasteiger partial charge on any atom is -0.333 e. The molecular weight excluding hydrogens is 344 g/mol. The lowest BCUT2D eigenvalue weighted by molar-refractivity contribution is -0.137. The Balaban J connectivity index is 1.60. The van der Waals surface area contributed by atoms with Crippen LogP contribution >= 0.6 is 11.8 Å². The normalized spacial score (nSPS) is 29.1. The molecule has 138 valence electrons. The van der Waals surface area contributed by atoms with E-state index in [9.17, 15) is 4.79 Å². The van der Waals surface area contributed by atoms with Gasteiger partial charge in [0.25, 0.3) is 0 Å². The number of nitrogens with zero attached hydrogens (tertiary/aromatic N) is 3. The highest BCUT2D eigenvalue weighted by Crippen LogP contribution is 2.39. The zero-order valence-corrected chi connectivity index (χ0v) is 16.2. The smallest absolute Gasteiger partial charge is 0.228 e. The number of nitrogens with one attached hydrogen (secondary N) is 1. The van der Waals surface area contributed by atoms with E-state index in [1.54, 1.807) is 0 Å². The van der Waals surface area contributed by atoms with Crippen molar-refractivity contribution in [3.8, 4) is 0 Å². The van der Waals surface area contributed by atoms with Crippen LogP contribution in [0.4, 0.5) is 0 Å². The maximum Gasteiger partial charge on any atom is 0.228 e. The van der Waals surface area contributed by atoms with Crippen molar-refractivity contribution in [1.29, 1.82) is 0 Å². The van der Waals surface area contributed by atoms with Gasteiger partial charge in [0.1, 0.15) is 0 Å². The topological polar surface area (TPSA) is 50.2 Å². The second kappa shape index (κ2) is 7.45. The van der Waals surface area contributed by atoms with Gasteiger partial charge in [0, 0.05) is 49.8 Å². The molecule has 0 radical (unpaired) electrons. The Morgan fingerprint density at radius 3 is 2.77 bits per heavy atom. The lowest BCUT2D eigenvalue weighted by Gasteiger charge is -2.41. The van der Waals surface area contributed by atoms with Gasteiger partial charge < -0.3 is 10.2 Å². The Morgan fingerprint density at radius 2 is 2.04 bits per heavy atom. The lowest BCUT2D eigenvalue weighted by Crippen LogP contribution is -2.47. The maximum atomic E-state index is 13.6. The molecular formula is C20H26N4OS. The molecule has 1 aromatic carbocycles. The maximum absolute atomic E-state index is 13.6. The number of rotatable bonds is 3. The van der Waals surface area contributed by atoms with Gasteiger partial charge in [-0.2, -0.15) is 16.9 Å². The first kappa shape index (κ1) is 17.6. The van der Waals surface area contributed by atoms with Crippen LogP contribution in [-0.2, 0) is 11.8 Å². The number of aryl methyl sites for hydroxylation is 1. The fourth-order valence-corrected chi connectivity index (χ4v) is 5.46.